The van der Waals surface area contributed by atoms with E-state index >= 15 is 0 Å². The quantitative estimate of drug-likeness (QED) is 0.729. The van der Waals surface area contributed by atoms with E-state index in [9.17, 15) is 14.4 Å². The Morgan fingerprint density at radius 1 is 1.21 bits per heavy atom. The number of nitrogens with one attached hydrogen (secondary N) is 3. The molecule has 2 fully saturated rings. The predicted octanol–water partition coefficient (Wildman–Crippen LogP) is 2.31. The summed E-state index contributed by atoms with van der Waals surface area (Å²) in [5.74, 6) is -0.239. The van der Waals surface area contributed by atoms with E-state index in [4.69, 9.17) is 0 Å². The van der Waals surface area contributed by atoms with Gasteiger partial charge in [0, 0.05) is 31.1 Å². The van der Waals surface area contributed by atoms with Crippen molar-refractivity contribution >= 4 is 23.4 Å². The number of hydrogen-bond acceptors (Lipinski definition) is 4. The summed E-state index contributed by atoms with van der Waals surface area (Å²) in [6, 6.07) is 5.44. The number of hydrogen-bond donors (Lipinski definition) is 3. The molecule has 3 aliphatic rings. The highest BCUT2D eigenvalue weighted by atomic mass is 16.2. The number of rotatable bonds is 3. The monoisotopic (exact) mass is 398 g/mol. The van der Waals surface area contributed by atoms with Crippen molar-refractivity contribution in [1.82, 2.24) is 15.5 Å². The van der Waals surface area contributed by atoms with Crippen molar-refractivity contribution in [2.24, 2.45) is 0 Å². The van der Waals surface area contributed by atoms with Crippen LogP contribution in [0.4, 0.5) is 5.69 Å². The molecule has 1 aliphatic carbocycles. The van der Waals surface area contributed by atoms with E-state index in [1.165, 1.54) is 0 Å². The smallest absolute Gasteiger partial charge is 0.255 e. The van der Waals surface area contributed by atoms with Crippen molar-refractivity contribution in [3.05, 3.63) is 29.3 Å². The third-order valence-electron chi connectivity index (χ3n) is 6.56. The minimum Gasteiger partial charge on any atom is -0.362 e. The van der Waals surface area contributed by atoms with Crippen LogP contribution in [0.1, 0.15) is 67.8 Å². The Morgan fingerprint density at radius 2 is 1.97 bits per heavy atom. The van der Waals surface area contributed by atoms with Gasteiger partial charge in [0.15, 0.2) is 0 Å². The van der Waals surface area contributed by atoms with Crippen molar-refractivity contribution < 1.29 is 14.4 Å². The van der Waals surface area contributed by atoms with Gasteiger partial charge in [0.2, 0.25) is 11.8 Å². The van der Waals surface area contributed by atoms with Crippen LogP contribution in [0.3, 0.4) is 0 Å². The second-order valence-corrected chi connectivity index (χ2v) is 8.71. The molecule has 0 aromatic heterocycles. The second kappa shape index (κ2) is 7.69. The lowest BCUT2D eigenvalue weighted by Gasteiger charge is -2.40. The highest BCUT2D eigenvalue weighted by Crippen LogP contribution is 2.32. The number of aryl methyl sites for hydroxylation is 1. The van der Waals surface area contributed by atoms with Crippen LogP contribution in [0.2, 0.25) is 0 Å². The van der Waals surface area contributed by atoms with Gasteiger partial charge in [-0.3, -0.25) is 14.4 Å². The van der Waals surface area contributed by atoms with E-state index in [2.05, 4.69) is 16.0 Å². The molecule has 29 heavy (non-hydrogen) atoms. The molecule has 1 saturated carbocycles. The topological polar surface area (TPSA) is 90.5 Å². The second-order valence-electron chi connectivity index (χ2n) is 8.71. The van der Waals surface area contributed by atoms with Crippen LogP contribution in [0, 0.1) is 6.92 Å². The van der Waals surface area contributed by atoms with Crippen molar-refractivity contribution in [2.45, 2.75) is 76.5 Å². The maximum absolute atomic E-state index is 12.8. The van der Waals surface area contributed by atoms with E-state index in [-0.39, 0.29) is 30.2 Å². The Kier molecular flexibility index (Phi) is 5.23. The highest BCUT2D eigenvalue weighted by Gasteiger charge is 2.42. The first kappa shape index (κ1) is 19.7. The first-order chi connectivity index (χ1) is 13.9. The Morgan fingerprint density at radius 3 is 2.72 bits per heavy atom. The van der Waals surface area contributed by atoms with Crippen LogP contribution in [0.25, 0.3) is 0 Å². The van der Waals surface area contributed by atoms with Gasteiger partial charge in [-0.05, 0) is 50.8 Å². The lowest BCUT2D eigenvalue weighted by atomic mass is 9.94. The van der Waals surface area contributed by atoms with E-state index < -0.39 is 11.7 Å². The maximum Gasteiger partial charge on any atom is 0.255 e. The van der Waals surface area contributed by atoms with Gasteiger partial charge in [-0.1, -0.05) is 18.9 Å². The van der Waals surface area contributed by atoms with Crippen molar-refractivity contribution in [3.8, 4) is 0 Å². The summed E-state index contributed by atoms with van der Waals surface area (Å²) >= 11 is 0. The molecular formula is C22H30N4O3. The van der Waals surface area contributed by atoms with Gasteiger partial charge in [-0.2, -0.15) is 0 Å². The molecule has 1 spiro atoms. The fourth-order valence-electron chi connectivity index (χ4n) is 4.75. The van der Waals surface area contributed by atoms with Gasteiger partial charge in [-0.25, -0.2) is 0 Å². The highest BCUT2D eigenvalue weighted by molar-refractivity contribution is 6.02. The zero-order valence-electron chi connectivity index (χ0n) is 17.2. The first-order valence-corrected chi connectivity index (χ1v) is 10.7. The van der Waals surface area contributed by atoms with Crippen LogP contribution in [-0.2, 0) is 9.59 Å². The molecule has 156 valence electrons. The normalized spacial score (nSPS) is 25.8. The number of anilines is 1. The fourth-order valence-corrected chi connectivity index (χ4v) is 4.75. The molecule has 7 nitrogen and oxygen atoms in total. The molecule has 2 atom stereocenters. The number of amides is 3. The molecule has 1 aromatic rings. The van der Waals surface area contributed by atoms with Crippen molar-refractivity contribution in [2.75, 3.05) is 11.9 Å². The standard InChI is InChI=1S/C22H30N4O3/c1-14-7-8-17-18(13-14)24-22(25-21(17)29)10-9-19(27)26(12-11-22)15(2)20(28)23-16-5-3-4-6-16/h7-8,13,15-16,24H,3-6,9-12H2,1-2H3,(H,23,28)(H,25,29)/t15-,22-/m0/s1. The average Bonchev–Trinajstić information content (AvgIpc) is 3.13. The Balaban J connectivity index is 1.47. The summed E-state index contributed by atoms with van der Waals surface area (Å²) < 4.78 is 0. The zero-order chi connectivity index (χ0) is 20.6. The van der Waals surface area contributed by atoms with Gasteiger partial charge >= 0.3 is 0 Å². The molecule has 3 N–H and O–H groups in total. The number of nitrogens with zero attached hydrogens (tertiary/aromatic N) is 1. The molecular weight excluding hydrogens is 368 g/mol. The predicted molar refractivity (Wildman–Crippen MR) is 110 cm³/mol. The SMILES string of the molecule is Cc1ccc2c(c1)N[C@@]1(CCC(=O)N([C@@H](C)C(=O)NC3CCCC3)CC1)NC2=O. The Bertz CT molecular complexity index is 833. The lowest BCUT2D eigenvalue weighted by Crippen LogP contribution is -2.58. The van der Waals surface area contributed by atoms with Crippen LogP contribution >= 0.6 is 0 Å². The van der Waals surface area contributed by atoms with E-state index in [1.807, 2.05) is 25.1 Å². The molecule has 3 amide bonds. The maximum atomic E-state index is 12.8. The van der Waals surface area contributed by atoms with Gasteiger partial charge in [0.1, 0.15) is 11.7 Å². The summed E-state index contributed by atoms with van der Waals surface area (Å²) in [7, 11) is 0. The minimum absolute atomic E-state index is 0.0398. The third kappa shape index (κ3) is 3.95. The largest absolute Gasteiger partial charge is 0.362 e. The number of benzene rings is 1. The van der Waals surface area contributed by atoms with E-state index in [0.717, 1.165) is 36.9 Å². The molecule has 0 radical (unpaired) electrons. The number of carbonyl (C=O) groups is 3. The van der Waals surface area contributed by atoms with Crippen LogP contribution in [0.5, 0.6) is 0 Å². The summed E-state index contributed by atoms with van der Waals surface area (Å²) in [6.45, 7) is 4.21. The van der Waals surface area contributed by atoms with E-state index in [0.29, 0.717) is 24.9 Å². The summed E-state index contributed by atoms with van der Waals surface area (Å²) in [5, 5.41) is 9.66. The van der Waals surface area contributed by atoms with Crippen molar-refractivity contribution in [1.29, 1.82) is 0 Å². The average molecular weight is 399 g/mol. The summed E-state index contributed by atoms with van der Waals surface area (Å²) in [4.78, 5) is 39.8. The molecule has 1 saturated heterocycles. The fraction of sp³-hybridized carbons (Fsp3) is 0.591. The van der Waals surface area contributed by atoms with E-state index in [1.54, 1.807) is 11.8 Å². The lowest BCUT2D eigenvalue weighted by molar-refractivity contribution is -0.139. The zero-order valence-corrected chi connectivity index (χ0v) is 17.2. The molecule has 0 unspecified atom stereocenters. The number of likely N-dealkylation sites (tertiary alicyclic amines) is 1. The minimum atomic E-state index is -0.663. The molecule has 4 rings (SSSR count). The summed E-state index contributed by atoms with van der Waals surface area (Å²) in [5.41, 5.74) is 1.84. The first-order valence-electron chi connectivity index (χ1n) is 10.7. The molecule has 7 heteroatoms. The van der Waals surface area contributed by atoms with Crippen molar-refractivity contribution in [3.63, 3.8) is 0 Å². The Labute approximate surface area is 171 Å². The Hall–Kier alpha value is -2.57. The van der Waals surface area contributed by atoms with Crippen LogP contribution in [-0.4, -0.2) is 46.9 Å². The summed E-state index contributed by atoms with van der Waals surface area (Å²) in [6.07, 6.45) is 5.68. The number of fused-ring (bicyclic) bond motifs is 1. The molecule has 2 aliphatic heterocycles. The molecule has 1 aromatic carbocycles. The van der Waals surface area contributed by atoms with Gasteiger partial charge in [-0.15, -0.1) is 0 Å². The van der Waals surface area contributed by atoms with Gasteiger partial charge in [0.05, 0.1) is 5.56 Å². The van der Waals surface area contributed by atoms with Gasteiger partial charge in [0.25, 0.3) is 5.91 Å². The molecule has 0 bridgehead atoms. The van der Waals surface area contributed by atoms with Crippen LogP contribution < -0.4 is 16.0 Å². The van der Waals surface area contributed by atoms with Crippen LogP contribution in [0.15, 0.2) is 18.2 Å². The third-order valence-corrected chi connectivity index (χ3v) is 6.56. The number of carbonyl (C=O) groups excluding carboxylic acids is 3. The molecule has 2 heterocycles. The van der Waals surface area contributed by atoms with Gasteiger partial charge < -0.3 is 20.9 Å².